The predicted molar refractivity (Wildman–Crippen MR) is 95.5 cm³/mol. The first-order valence-corrected chi connectivity index (χ1v) is 9.49. The van der Waals surface area contributed by atoms with E-state index in [2.05, 4.69) is 4.90 Å². The van der Waals surface area contributed by atoms with E-state index < -0.39 is 6.09 Å². The summed E-state index contributed by atoms with van der Waals surface area (Å²) in [6.45, 7) is 5.32. The van der Waals surface area contributed by atoms with Crippen molar-refractivity contribution in [1.82, 2.24) is 9.80 Å². The van der Waals surface area contributed by atoms with Crippen LogP contribution >= 0.6 is 0 Å². The molecule has 2 N–H and O–H groups in total. The van der Waals surface area contributed by atoms with Crippen molar-refractivity contribution in [1.29, 1.82) is 0 Å². The van der Waals surface area contributed by atoms with Gasteiger partial charge in [0.15, 0.2) is 0 Å². The van der Waals surface area contributed by atoms with E-state index in [0.717, 1.165) is 51.8 Å². The molecule has 0 aromatic rings. The van der Waals surface area contributed by atoms with Crippen LogP contribution < -0.4 is 0 Å². The Bertz CT molecular complexity index is 333. The number of nitrogens with zero attached hydrogens (tertiary/aromatic N) is 2. The molecule has 0 atom stereocenters. The van der Waals surface area contributed by atoms with Crippen LogP contribution in [0.2, 0.25) is 0 Å². The van der Waals surface area contributed by atoms with Crippen LogP contribution in [0, 0.1) is 0 Å². The zero-order chi connectivity index (χ0) is 17.8. The van der Waals surface area contributed by atoms with Crippen molar-refractivity contribution in [3.05, 3.63) is 0 Å². The summed E-state index contributed by atoms with van der Waals surface area (Å²) in [6.07, 6.45) is 7.95. The summed E-state index contributed by atoms with van der Waals surface area (Å²) in [7, 11) is 2.04. The largest absolute Gasteiger partial charge is 0.465 e. The summed E-state index contributed by atoms with van der Waals surface area (Å²) in [6, 6.07) is 0.170. The molecule has 0 bridgehead atoms. The van der Waals surface area contributed by atoms with Gasteiger partial charge < -0.3 is 24.7 Å². The van der Waals surface area contributed by atoms with E-state index in [4.69, 9.17) is 9.84 Å². The Labute approximate surface area is 146 Å². The molecule has 1 fully saturated rings. The minimum atomic E-state index is -0.800. The molecule has 0 heterocycles. The third kappa shape index (κ3) is 8.31. The summed E-state index contributed by atoms with van der Waals surface area (Å²) >= 11 is 0. The second kappa shape index (κ2) is 12.5. The third-order valence-electron chi connectivity index (χ3n) is 4.94. The number of hydrogen-bond donors (Lipinski definition) is 2. The number of hydrogen-bond acceptors (Lipinski definition) is 4. The van der Waals surface area contributed by atoms with Gasteiger partial charge in [0.1, 0.15) is 0 Å². The lowest BCUT2D eigenvalue weighted by molar-refractivity contribution is 0.00763. The third-order valence-corrected chi connectivity index (χ3v) is 4.94. The predicted octanol–water partition coefficient (Wildman–Crippen LogP) is 2.80. The molecule has 0 aromatic heterocycles. The first kappa shape index (κ1) is 21.2. The van der Waals surface area contributed by atoms with Gasteiger partial charge in [0.2, 0.25) is 0 Å². The molecule has 1 amide bonds. The lowest BCUT2D eigenvalue weighted by Crippen LogP contribution is -2.42. The van der Waals surface area contributed by atoms with Crippen molar-refractivity contribution in [2.24, 2.45) is 0 Å². The number of unbranched alkanes of at least 4 members (excludes halogenated alkanes) is 3. The molecule has 0 aliphatic heterocycles. The molecule has 6 nitrogen and oxygen atoms in total. The van der Waals surface area contributed by atoms with Crippen molar-refractivity contribution in [3.63, 3.8) is 0 Å². The van der Waals surface area contributed by atoms with Crippen LogP contribution in [0.25, 0.3) is 0 Å². The molecule has 0 unspecified atom stereocenters. The topological polar surface area (TPSA) is 73.2 Å². The maximum absolute atomic E-state index is 11.2. The smallest absolute Gasteiger partial charge is 0.407 e. The first-order chi connectivity index (χ1) is 11.6. The van der Waals surface area contributed by atoms with E-state index in [0.29, 0.717) is 12.6 Å². The molecule has 1 saturated carbocycles. The Morgan fingerprint density at radius 3 is 2.33 bits per heavy atom. The standard InChI is InChI=1S/C18H36N2O4/c1-3-20(18(22)23)16-8-10-17(11-9-16)24-15-7-5-4-6-12-19(2)13-14-21/h16-17,21H,3-15H2,1-2H3,(H,22,23). The highest BCUT2D eigenvalue weighted by Crippen LogP contribution is 2.25. The number of rotatable bonds is 12. The van der Waals surface area contributed by atoms with Gasteiger partial charge in [-0.05, 0) is 59.0 Å². The molecule has 6 heteroatoms. The number of amides is 1. The number of carbonyl (C=O) groups is 1. The molecule has 0 spiro atoms. The van der Waals surface area contributed by atoms with Crippen LogP contribution in [0.3, 0.4) is 0 Å². The fourth-order valence-electron chi connectivity index (χ4n) is 3.44. The van der Waals surface area contributed by atoms with Crippen molar-refractivity contribution in [2.45, 2.75) is 70.4 Å². The maximum atomic E-state index is 11.2. The Hall–Kier alpha value is -0.850. The maximum Gasteiger partial charge on any atom is 0.407 e. The average molecular weight is 344 g/mol. The van der Waals surface area contributed by atoms with Gasteiger partial charge >= 0.3 is 6.09 Å². The van der Waals surface area contributed by atoms with E-state index in [1.54, 1.807) is 4.90 Å². The van der Waals surface area contributed by atoms with E-state index in [1.807, 2.05) is 14.0 Å². The molecule has 142 valence electrons. The van der Waals surface area contributed by atoms with Crippen molar-refractivity contribution in [2.75, 3.05) is 39.9 Å². The number of aliphatic hydroxyl groups is 1. The van der Waals surface area contributed by atoms with E-state index in [-0.39, 0.29) is 12.6 Å². The number of ether oxygens (including phenoxy) is 1. The highest BCUT2D eigenvalue weighted by molar-refractivity contribution is 5.65. The molecule has 0 radical (unpaired) electrons. The van der Waals surface area contributed by atoms with Gasteiger partial charge in [0.05, 0.1) is 12.7 Å². The molecule has 0 aromatic carbocycles. The van der Waals surface area contributed by atoms with Gasteiger partial charge in [-0.15, -0.1) is 0 Å². The average Bonchev–Trinajstić information content (AvgIpc) is 2.56. The molecule has 24 heavy (non-hydrogen) atoms. The minimum Gasteiger partial charge on any atom is -0.465 e. The van der Waals surface area contributed by atoms with Crippen LogP contribution in [0.15, 0.2) is 0 Å². The van der Waals surface area contributed by atoms with Gasteiger partial charge in [-0.3, -0.25) is 0 Å². The van der Waals surface area contributed by atoms with Gasteiger partial charge in [-0.2, -0.15) is 0 Å². The fraction of sp³-hybridized carbons (Fsp3) is 0.944. The number of aliphatic hydroxyl groups excluding tert-OH is 1. The highest BCUT2D eigenvalue weighted by Gasteiger charge is 2.27. The van der Waals surface area contributed by atoms with Crippen molar-refractivity contribution >= 4 is 6.09 Å². The lowest BCUT2D eigenvalue weighted by Gasteiger charge is -2.34. The van der Waals surface area contributed by atoms with Crippen LogP contribution in [-0.2, 0) is 4.74 Å². The number of carboxylic acid groups (broad SMARTS) is 1. The second-order valence-corrected chi connectivity index (χ2v) is 6.81. The van der Waals surface area contributed by atoms with Gasteiger partial charge in [-0.1, -0.05) is 12.8 Å². The molecule has 1 rings (SSSR count). The van der Waals surface area contributed by atoms with Crippen LogP contribution in [0.5, 0.6) is 0 Å². The zero-order valence-corrected chi connectivity index (χ0v) is 15.5. The second-order valence-electron chi connectivity index (χ2n) is 6.81. The van der Waals surface area contributed by atoms with Gasteiger partial charge in [-0.25, -0.2) is 4.79 Å². The quantitative estimate of drug-likeness (QED) is 0.533. The molecule has 1 aliphatic carbocycles. The van der Waals surface area contributed by atoms with Crippen LogP contribution in [0.1, 0.15) is 58.3 Å². The molecular weight excluding hydrogens is 308 g/mol. The van der Waals surface area contributed by atoms with E-state index in [1.165, 1.54) is 19.3 Å². The summed E-state index contributed by atoms with van der Waals surface area (Å²) in [4.78, 5) is 14.9. The Kier molecular flexibility index (Phi) is 11.0. The van der Waals surface area contributed by atoms with E-state index in [9.17, 15) is 9.90 Å². The molecule has 1 aliphatic rings. The van der Waals surface area contributed by atoms with Crippen LogP contribution in [-0.4, -0.2) is 78.1 Å². The Balaban J connectivity index is 2.01. The molecular formula is C18H36N2O4. The van der Waals surface area contributed by atoms with Crippen LogP contribution in [0.4, 0.5) is 4.79 Å². The lowest BCUT2D eigenvalue weighted by atomic mass is 9.92. The Morgan fingerprint density at radius 2 is 1.75 bits per heavy atom. The van der Waals surface area contributed by atoms with Gasteiger partial charge in [0.25, 0.3) is 0 Å². The first-order valence-electron chi connectivity index (χ1n) is 9.49. The summed E-state index contributed by atoms with van der Waals surface area (Å²) in [5.41, 5.74) is 0. The SMILES string of the molecule is CCN(C(=O)O)C1CCC(OCCCCCCN(C)CCO)CC1. The highest BCUT2D eigenvalue weighted by atomic mass is 16.5. The van der Waals surface area contributed by atoms with Crippen molar-refractivity contribution < 1.29 is 19.7 Å². The molecule has 0 saturated heterocycles. The van der Waals surface area contributed by atoms with Gasteiger partial charge in [0, 0.05) is 25.7 Å². The summed E-state index contributed by atoms with van der Waals surface area (Å²) in [5.74, 6) is 0. The minimum absolute atomic E-state index is 0.170. The van der Waals surface area contributed by atoms with E-state index >= 15 is 0 Å². The fourth-order valence-corrected chi connectivity index (χ4v) is 3.44. The summed E-state index contributed by atoms with van der Waals surface area (Å²) < 4.78 is 5.96. The Morgan fingerprint density at radius 1 is 1.08 bits per heavy atom. The summed E-state index contributed by atoms with van der Waals surface area (Å²) in [5, 5.41) is 18.0. The van der Waals surface area contributed by atoms with Crippen molar-refractivity contribution in [3.8, 4) is 0 Å². The normalized spacial score (nSPS) is 21.2. The zero-order valence-electron chi connectivity index (χ0n) is 15.5. The number of likely N-dealkylation sites (N-methyl/N-ethyl adjacent to an activating group) is 1. The monoisotopic (exact) mass is 344 g/mol.